The van der Waals surface area contributed by atoms with Gasteiger partial charge in [-0.2, -0.15) is 5.26 Å². The summed E-state index contributed by atoms with van der Waals surface area (Å²) in [4.78, 5) is 25.5. The standard InChI is InChI=1S/C16H18ClN3O2/c17-14-3-1-2-13(10-14)16(22)20-8-5-12(6-9-20)11-19-15(21)4-7-18/h1-3,10,12H,4-6,8-9,11H2,(H,19,21). The maximum absolute atomic E-state index is 12.4. The fourth-order valence-corrected chi connectivity index (χ4v) is 2.73. The normalized spacial score (nSPS) is 15.2. The van der Waals surface area contributed by atoms with E-state index < -0.39 is 0 Å². The molecule has 1 aliphatic heterocycles. The Morgan fingerprint density at radius 2 is 2.09 bits per heavy atom. The van der Waals surface area contributed by atoms with Gasteiger partial charge in [-0.3, -0.25) is 9.59 Å². The third kappa shape index (κ3) is 4.47. The van der Waals surface area contributed by atoms with Gasteiger partial charge in [0.1, 0.15) is 6.42 Å². The second-order valence-electron chi connectivity index (χ2n) is 5.38. The number of carbonyl (C=O) groups excluding carboxylic acids is 2. The minimum Gasteiger partial charge on any atom is -0.355 e. The third-order valence-corrected chi connectivity index (χ3v) is 4.04. The van der Waals surface area contributed by atoms with E-state index in [9.17, 15) is 9.59 Å². The van der Waals surface area contributed by atoms with E-state index in [4.69, 9.17) is 16.9 Å². The van der Waals surface area contributed by atoms with E-state index in [0.29, 0.717) is 36.1 Å². The predicted octanol–water partition coefficient (Wildman–Crippen LogP) is 2.22. The minimum absolute atomic E-state index is 0.00512. The van der Waals surface area contributed by atoms with Crippen molar-refractivity contribution < 1.29 is 9.59 Å². The van der Waals surface area contributed by atoms with Gasteiger partial charge in [0.05, 0.1) is 6.07 Å². The summed E-state index contributed by atoms with van der Waals surface area (Å²) in [7, 11) is 0. The lowest BCUT2D eigenvalue weighted by atomic mass is 9.96. The quantitative estimate of drug-likeness (QED) is 0.924. The molecule has 0 aliphatic carbocycles. The van der Waals surface area contributed by atoms with Crippen LogP contribution in [-0.4, -0.2) is 36.3 Å². The Bertz CT molecular complexity index is 589. The van der Waals surface area contributed by atoms with Crippen LogP contribution in [-0.2, 0) is 4.79 Å². The monoisotopic (exact) mass is 319 g/mol. The largest absolute Gasteiger partial charge is 0.355 e. The SMILES string of the molecule is N#CCC(=O)NCC1CCN(C(=O)c2cccc(Cl)c2)CC1. The Hall–Kier alpha value is -2.06. The van der Waals surface area contributed by atoms with E-state index >= 15 is 0 Å². The third-order valence-electron chi connectivity index (χ3n) is 3.80. The van der Waals surface area contributed by atoms with E-state index in [1.807, 2.05) is 11.0 Å². The van der Waals surface area contributed by atoms with Gasteiger partial charge < -0.3 is 10.2 Å². The first-order chi connectivity index (χ1) is 10.6. The number of nitrogens with one attached hydrogen (secondary N) is 1. The van der Waals surface area contributed by atoms with E-state index in [-0.39, 0.29) is 18.2 Å². The van der Waals surface area contributed by atoms with Gasteiger partial charge in [-0.1, -0.05) is 17.7 Å². The molecule has 2 rings (SSSR count). The van der Waals surface area contributed by atoms with Crippen LogP contribution in [0.3, 0.4) is 0 Å². The topological polar surface area (TPSA) is 73.2 Å². The van der Waals surface area contributed by atoms with Crippen LogP contribution in [0.4, 0.5) is 0 Å². The number of nitriles is 1. The number of hydrogen-bond donors (Lipinski definition) is 1. The van der Waals surface area contributed by atoms with Gasteiger partial charge in [0.2, 0.25) is 5.91 Å². The number of benzene rings is 1. The number of hydrogen-bond acceptors (Lipinski definition) is 3. The van der Waals surface area contributed by atoms with Gasteiger partial charge in [-0.25, -0.2) is 0 Å². The molecule has 22 heavy (non-hydrogen) atoms. The van der Waals surface area contributed by atoms with Crippen molar-refractivity contribution in [2.75, 3.05) is 19.6 Å². The van der Waals surface area contributed by atoms with Gasteiger partial charge in [0.15, 0.2) is 0 Å². The molecule has 5 nitrogen and oxygen atoms in total. The molecule has 0 aromatic heterocycles. The maximum atomic E-state index is 12.4. The Morgan fingerprint density at radius 3 is 2.73 bits per heavy atom. The molecule has 1 fully saturated rings. The highest BCUT2D eigenvalue weighted by molar-refractivity contribution is 6.30. The number of nitrogens with zero attached hydrogens (tertiary/aromatic N) is 2. The van der Waals surface area contributed by atoms with Crippen LogP contribution in [0.2, 0.25) is 5.02 Å². The average Bonchev–Trinajstić information content (AvgIpc) is 2.53. The number of rotatable bonds is 4. The molecule has 2 amide bonds. The van der Waals surface area contributed by atoms with Crippen LogP contribution in [0.15, 0.2) is 24.3 Å². The molecule has 1 aliphatic rings. The van der Waals surface area contributed by atoms with Gasteiger partial charge >= 0.3 is 0 Å². The first-order valence-electron chi connectivity index (χ1n) is 7.28. The predicted molar refractivity (Wildman–Crippen MR) is 83.3 cm³/mol. The van der Waals surface area contributed by atoms with Crippen molar-refractivity contribution in [3.8, 4) is 6.07 Å². The fourth-order valence-electron chi connectivity index (χ4n) is 2.54. The minimum atomic E-state index is -0.236. The summed E-state index contributed by atoms with van der Waals surface area (Å²) in [6.07, 6.45) is 1.59. The van der Waals surface area contributed by atoms with Crippen molar-refractivity contribution in [2.24, 2.45) is 5.92 Å². The molecule has 0 radical (unpaired) electrons. The lowest BCUT2D eigenvalue weighted by molar-refractivity contribution is -0.120. The summed E-state index contributed by atoms with van der Waals surface area (Å²) in [6.45, 7) is 1.91. The maximum Gasteiger partial charge on any atom is 0.253 e. The van der Waals surface area contributed by atoms with Gasteiger partial charge in [-0.15, -0.1) is 0 Å². The van der Waals surface area contributed by atoms with Crippen LogP contribution < -0.4 is 5.32 Å². The number of carbonyl (C=O) groups is 2. The van der Waals surface area contributed by atoms with Crippen molar-refractivity contribution in [3.05, 3.63) is 34.9 Å². The first kappa shape index (κ1) is 16.3. The Morgan fingerprint density at radius 1 is 1.36 bits per heavy atom. The summed E-state index contributed by atoms with van der Waals surface area (Å²) >= 11 is 5.91. The second-order valence-corrected chi connectivity index (χ2v) is 5.82. The lowest BCUT2D eigenvalue weighted by Crippen LogP contribution is -2.41. The van der Waals surface area contributed by atoms with E-state index in [1.54, 1.807) is 24.3 Å². The molecule has 1 N–H and O–H groups in total. The van der Waals surface area contributed by atoms with Crippen LogP contribution in [0, 0.1) is 17.2 Å². The summed E-state index contributed by atoms with van der Waals surface area (Å²) in [6, 6.07) is 8.78. The van der Waals surface area contributed by atoms with Crippen LogP contribution in [0.25, 0.3) is 0 Å². The van der Waals surface area contributed by atoms with E-state index in [2.05, 4.69) is 5.32 Å². The molecule has 116 valence electrons. The Balaban J connectivity index is 1.81. The van der Waals surface area contributed by atoms with Crippen molar-refractivity contribution in [1.29, 1.82) is 5.26 Å². The highest BCUT2D eigenvalue weighted by Crippen LogP contribution is 2.19. The van der Waals surface area contributed by atoms with Crippen molar-refractivity contribution >= 4 is 23.4 Å². The zero-order valence-corrected chi connectivity index (χ0v) is 13.0. The zero-order chi connectivity index (χ0) is 15.9. The average molecular weight is 320 g/mol. The van der Waals surface area contributed by atoms with E-state index in [0.717, 1.165) is 12.8 Å². The molecule has 0 spiro atoms. The number of piperidine rings is 1. The Kier molecular flexibility index (Phi) is 5.79. The molecular formula is C16H18ClN3O2. The van der Waals surface area contributed by atoms with Gasteiger partial charge in [0.25, 0.3) is 5.91 Å². The molecule has 1 aromatic carbocycles. The number of amides is 2. The summed E-state index contributed by atoms with van der Waals surface area (Å²) in [5, 5.41) is 11.7. The molecule has 1 aromatic rings. The molecular weight excluding hydrogens is 302 g/mol. The Labute approximate surface area is 134 Å². The highest BCUT2D eigenvalue weighted by Gasteiger charge is 2.23. The smallest absolute Gasteiger partial charge is 0.253 e. The molecule has 0 atom stereocenters. The van der Waals surface area contributed by atoms with E-state index in [1.165, 1.54) is 0 Å². The van der Waals surface area contributed by atoms with Crippen LogP contribution in [0.1, 0.15) is 29.6 Å². The van der Waals surface area contributed by atoms with Gasteiger partial charge in [-0.05, 0) is 37.0 Å². The number of likely N-dealkylation sites (tertiary alicyclic amines) is 1. The van der Waals surface area contributed by atoms with Crippen molar-refractivity contribution in [1.82, 2.24) is 10.2 Å². The summed E-state index contributed by atoms with van der Waals surface area (Å²) in [5.41, 5.74) is 0.605. The zero-order valence-electron chi connectivity index (χ0n) is 12.2. The van der Waals surface area contributed by atoms with Crippen molar-refractivity contribution in [3.63, 3.8) is 0 Å². The van der Waals surface area contributed by atoms with Crippen LogP contribution in [0.5, 0.6) is 0 Å². The lowest BCUT2D eigenvalue weighted by Gasteiger charge is -2.32. The van der Waals surface area contributed by atoms with Gasteiger partial charge in [0, 0.05) is 30.2 Å². The summed E-state index contributed by atoms with van der Waals surface area (Å²) < 4.78 is 0. The number of halogens is 1. The molecule has 6 heteroatoms. The molecule has 1 saturated heterocycles. The highest BCUT2D eigenvalue weighted by atomic mass is 35.5. The molecule has 0 unspecified atom stereocenters. The second kappa shape index (κ2) is 7.81. The molecule has 1 heterocycles. The van der Waals surface area contributed by atoms with Crippen LogP contribution >= 0.6 is 11.6 Å². The fraction of sp³-hybridized carbons (Fsp3) is 0.438. The molecule has 0 bridgehead atoms. The summed E-state index contributed by atoms with van der Waals surface area (Å²) in [5.74, 6) is 0.112. The molecule has 0 saturated carbocycles. The first-order valence-corrected chi connectivity index (χ1v) is 7.66. The van der Waals surface area contributed by atoms with Crippen molar-refractivity contribution in [2.45, 2.75) is 19.3 Å².